The Balaban J connectivity index is 3.25. The molecule has 0 fully saturated rings. The molecule has 5 heteroatoms. The number of carbonyl (C=O) groups excluding carboxylic acids is 2. The summed E-state index contributed by atoms with van der Waals surface area (Å²) in [4.78, 5) is 25.9. The van der Waals surface area contributed by atoms with Gasteiger partial charge in [0.25, 0.3) is 0 Å². The number of aldehydes is 1. The van der Waals surface area contributed by atoms with Gasteiger partial charge in [-0.15, -0.1) is 0 Å². The second-order valence-electron chi connectivity index (χ2n) is 2.98. The molecule has 0 N–H and O–H groups in total. The maximum absolute atomic E-state index is 11.2. The molecule has 1 atom stereocenters. The van der Waals surface area contributed by atoms with Crippen molar-refractivity contribution < 1.29 is 14.3 Å². The zero-order chi connectivity index (χ0) is 11.4. The molecule has 0 aliphatic rings. The minimum absolute atomic E-state index is 0.242. The Morgan fingerprint density at radius 1 is 1.67 bits per heavy atom. The lowest BCUT2D eigenvalue weighted by molar-refractivity contribution is -0.122. The van der Waals surface area contributed by atoms with Gasteiger partial charge in [0.1, 0.15) is 18.0 Å². The Bertz CT molecular complexity index is 392. The van der Waals surface area contributed by atoms with Crippen LogP contribution < -0.4 is 4.74 Å². The largest absolute Gasteiger partial charge is 0.481 e. The topological polar surface area (TPSA) is 56.3 Å². The van der Waals surface area contributed by atoms with Crippen LogP contribution in [0.4, 0.5) is 0 Å². The molecule has 0 amide bonds. The summed E-state index contributed by atoms with van der Waals surface area (Å²) in [5.74, 6) is -0.898. The Labute approximate surface area is 92.2 Å². The molecule has 0 aromatic carbocycles. The summed E-state index contributed by atoms with van der Waals surface area (Å²) in [5, 5.41) is 0.360. The first-order valence-electron chi connectivity index (χ1n) is 4.25. The molecule has 0 radical (unpaired) electrons. The van der Waals surface area contributed by atoms with Crippen molar-refractivity contribution in [3.63, 3.8) is 0 Å². The highest BCUT2D eigenvalue weighted by Crippen LogP contribution is 2.26. The Morgan fingerprint density at radius 2 is 2.33 bits per heavy atom. The van der Waals surface area contributed by atoms with E-state index < -0.39 is 5.92 Å². The van der Waals surface area contributed by atoms with E-state index in [1.54, 1.807) is 0 Å². The van der Waals surface area contributed by atoms with Crippen LogP contribution in [0.3, 0.4) is 0 Å². The Hall–Kier alpha value is -1.42. The minimum Gasteiger partial charge on any atom is -0.481 e. The van der Waals surface area contributed by atoms with Crippen molar-refractivity contribution in [1.29, 1.82) is 0 Å². The first kappa shape index (κ1) is 11.7. The molecule has 0 saturated carbocycles. The normalized spacial score (nSPS) is 11.9. The second kappa shape index (κ2) is 4.89. The number of methoxy groups -OCH3 is 1. The van der Waals surface area contributed by atoms with E-state index in [1.807, 2.05) is 0 Å². The maximum Gasteiger partial charge on any atom is 0.217 e. The van der Waals surface area contributed by atoms with Crippen molar-refractivity contribution in [1.82, 2.24) is 4.98 Å². The Morgan fingerprint density at radius 3 is 2.80 bits per heavy atom. The van der Waals surface area contributed by atoms with Crippen LogP contribution in [0.5, 0.6) is 5.88 Å². The van der Waals surface area contributed by atoms with E-state index in [0.29, 0.717) is 16.9 Å². The number of halogens is 1. The van der Waals surface area contributed by atoms with Gasteiger partial charge in [-0.1, -0.05) is 11.6 Å². The predicted octanol–water partition coefficient (Wildman–Crippen LogP) is 1.62. The lowest BCUT2D eigenvalue weighted by Crippen LogP contribution is -2.12. The van der Waals surface area contributed by atoms with E-state index >= 15 is 0 Å². The van der Waals surface area contributed by atoms with Crippen molar-refractivity contribution in [2.45, 2.75) is 12.8 Å². The first-order valence-corrected chi connectivity index (χ1v) is 4.63. The van der Waals surface area contributed by atoms with Gasteiger partial charge in [0.2, 0.25) is 5.88 Å². The molecule has 1 aromatic heterocycles. The fourth-order valence-corrected chi connectivity index (χ4v) is 1.39. The number of Topliss-reactive ketones (excluding diaryl/α,β-unsaturated/α-hetero) is 1. The number of hydrogen-bond acceptors (Lipinski definition) is 4. The highest BCUT2D eigenvalue weighted by atomic mass is 35.5. The van der Waals surface area contributed by atoms with E-state index in [0.717, 1.165) is 0 Å². The quantitative estimate of drug-likeness (QED) is 0.579. The third kappa shape index (κ3) is 2.53. The summed E-state index contributed by atoms with van der Waals surface area (Å²) in [5.41, 5.74) is 0.396. The van der Waals surface area contributed by atoms with Crippen LogP contribution in [0.2, 0.25) is 5.02 Å². The van der Waals surface area contributed by atoms with Gasteiger partial charge in [0.15, 0.2) is 0 Å². The average Bonchev–Trinajstić information content (AvgIpc) is 2.18. The van der Waals surface area contributed by atoms with Crippen molar-refractivity contribution in [2.75, 3.05) is 7.11 Å². The van der Waals surface area contributed by atoms with Gasteiger partial charge in [0, 0.05) is 11.8 Å². The molecule has 1 rings (SSSR count). The lowest BCUT2D eigenvalue weighted by Gasteiger charge is -2.10. The lowest BCUT2D eigenvalue weighted by atomic mass is 9.98. The van der Waals surface area contributed by atoms with E-state index in [4.69, 9.17) is 16.3 Å². The monoisotopic (exact) mass is 227 g/mol. The standard InChI is InChI=1S/C10H10ClNO3/c1-6(14)9(5-13)8-3-7(11)4-12-10(8)15-2/h3-5,9H,1-2H3. The van der Waals surface area contributed by atoms with Crippen LogP contribution in [-0.4, -0.2) is 24.2 Å². The summed E-state index contributed by atoms with van der Waals surface area (Å²) in [7, 11) is 1.42. The third-order valence-electron chi connectivity index (χ3n) is 1.95. The predicted molar refractivity (Wildman–Crippen MR) is 55.3 cm³/mol. The number of aromatic nitrogens is 1. The van der Waals surface area contributed by atoms with E-state index in [1.165, 1.54) is 26.3 Å². The van der Waals surface area contributed by atoms with E-state index in [2.05, 4.69) is 4.98 Å². The van der Waals surface area contributed by atoms with E-state index in [9.17, 15) is 9.59 Å². The SMILES string of the molecule is COc1ncc(Cl)cc1C(C=O)C(C)=O. The van der Waals surface area contributed by atoms with Gasteiger partial charge >= 0.3 is 0 Å². The van der Waals surface area contributed by atoms with Gasteiger partial charge in [-0.2, -0.15) is 0 Å². The molecular formula is C10H10ClNO3. The zero-order valence-corrected chi connectivity index (χ0v) is 9.12. The summed E-state index contributed by atoms with van der Waals surface area (Å²) in [6.07, 6.45) is 1.95. The number of rotatable bonds is 4. The number of ether oxygens (including phenoxy) is 1. The summed E-state index contributed by atoms with van der Waals surface area (Å²) < 4.78 is 4.95. The fraction of sp³-hybridized carbons (Fsp3) is 0.300. The fourth-order valence-electron chi connectivity index (χ4n) is 1.22. The second-order valence-corrected chi connectivity index (χ2v) is 3.41. The number of ketones is 1. The summed E-state index contributed by atoms with van der Waals surface area (Å²) in [6, 6.07) is 1.51. The highest BCUT2D eigenvalue weighted by Gasteiger charge is 2.21. The van der Waals surface area contributed by atoms with Crippen molar-refractivity contribution in [3.8, 4) is 5.88 Å². The van der Waals surface area contributed by atoms with Crippen LogP contribution in [0, 0.1) is 0 Å². The average molecular weight is 228 g/mol. The van der Waals surface area contributed by atoms with Gasteiger partial charge in [-0.05, 0) is 13.0 Å². The highest BCUT2D eigenvalue weighted by molar-refractivity contribution is 6.30. The third-order valence-corrected chi connectivity index (χ3v) is 2.15. The number of carbonyl (C=O) groups is 2. The van der Waals surface area contributed by atoms with Crippen LogP contribution in [0.25, 0.3) is 0 Å². The van der Waals surface area contributed by atoms with Crippen molar-refractivity contribution in [3.05, 3.63) is 22.8 Å². The molecule has 80 valence electrons. The van der Waals surface area contributed by atoms with Gasteiger partial charge < -0.3 is 9.53 Å². The molecule has 0 bridgehead atoms. The number of pyridine rings is 1. The van der Waals surface area contributed by atoms with Crippen LogP contribution in [0.15, 0.2) is 12.3 Å². The van der Waals surface area contributed by atoms with Gasteiger partial charge in [0.05, 0.1) is 12.1 Å². The molecule has 1 aromatic rings. The number of hydrogen-bond donors (Lipinski definition) is 0. The molecule has 0 spiro atoms. The molecule has 1 heterocycles. The molecule has 4 nitrogen and oxygen atoms in total. The Kier molecular flexibility index (Phi) is 3.80. The summed E-state index contributed by atoms with van der Waals surface area (Å²) >= 11 is 5.73. The van der Waals surface area contributed by atoms with Crippen molar-refractivity contribution >= 4 is 23.7 Å². The molecule has 0 aliphatic carbocycles. The molecule has 0 saturated heterocycles. The van der Waals surface area contributed by atoms with Crippen LogP contribution in [-0.2, 0) is 9.59 Å². The number of nitrogens with zero attached hydrogens (tertiary/aromatic N) is 1. The molecule has 1 unspecified atom stereocenters. The van der Waals surface area contributed by atoms with Gasteiger partial charge in [-0.25, -0.2) is 4.98 Å². The maximum atomic E-state index is 11.2. The van der Waals surface area contributed by atoms with E-state index in [-0.39, 0.29) is 11.7 Å². The minimum atomic E-state index is -0.869. The van der Waals surface area contributed by atoms with Crippen molar-refractivity contribution in [2.24, 2.45) is 0 Å². The first-order chi connectivity index (χ1) is 7.10. The van der Waals surface area contributed by atoms with Gasteiger partial charge in [-0.3, -0.25) is 4.79 Å². The molecule has 0 aliphatic heterocycles. The van der Waals surface area contributed by atoms with Crippen LogP contribution in [0.1, 0.15) is 18.4 Å². The molecular weight excluding hydrogens is 218 g/mol. The van der Waals surface area contributed by atoms with Crippen LogP contribution >= 0.6 is 11.6 Å². The zero-order valence-electron chi connectivity index (χ0n) is 8.36. The molecule has 15 heavy (non-hydrogen) atoms. The smallest absolute Gasteiger partial charge is 0.217 e. The summed E-state index contributed by atoms with van der Waals surface area (Å²) in [6.45, 7) is 1.33.